The molecule has 0 spiro atoms. The van der Waals surface area contributed by atoms with Crippen molar-refractivity contribution in [2.24, 2.45) is 0 Å². The van der Waals surface area contributed by atoms with Gasteiger partial charge in [0, 0.05) is 4.47 Å². The fourth-order valence-corrected chi connectivity index (χ4v) is 0.946. The number of hydrogen-bond acceptors (Lipinski definition) is 0. The van der Waals surface area contributed by atoms with E-state index in [1.54, 1.807) is 0 Å². The van der Waals surface area contributed by atoms with E-state index >= 15 is 0 Å². The Bertz CT molecular complexity index is 249. The molecule has 2 heteroatoms. The summed E-state index contributed by atoms with van der Waals surface area (Å²) in [6.07, 6.45) is 0. The smallest absolute Gasteiger partial charge is 0.0958 e. The van der Waals surface area contributed by atoms with Gasteiger partial charge in [0.15, 0.2) is 0 Å². The van der Waals surface area contributed by atoms with Crippen LogP contribution in [0.5, 0.6) is 0 Å². The van der Waals surface area contributed by atoms with Crippen molar-refractivity contribution < 1.29 is 5.26 Å². The Hall–Kier alpha value is -0.810. The van der Waals surface area contributed by atoms with Crippen LogP contribution in [-0.2, 0) is 0 Å². The lowest BCUT2D eigenvalue weighted by Crippen LogP contribution is -2.17. The van der Waals surface area contributed by atoms with Gasteiger partial charge in [0.05, 0.1) is 0 Å². The number of halogens is 1. The van der Waals surface area contributed by atoms with Crippen molar-refractivity contribution in [1.82, 2.24) is 0 Å². The van der Waals surface area contributed by atoms with Crippen LogP contribution in [0.2, 0.25) is 0 Å². The minimum Gasteiger partial charge on any atom is -0.0958 e. The maximum absolute atomic E-state index is 6.80. The average molecular weight is 183 g/mol. The van der Waals surface area contributed by atoms with Crippen LogP contribution in [0.15, 0.2) is 28.7 Å². The predicted molar refractivity (Wildman–Crippen MR) is 38.1 cm³/mol. The van der Waals surface area contributed by atoms with Gasteiger partial charge >= 0.3 is 6.07 Å². The first kappa shape index (κ1) is 6.31. The van der Waals surface area contributed by atoms with Crippen molar-refractivity contribution >= 4 is 15.9 Å². The van der Waals surface area contributed by atoms with Gasteiger partial charge in [0.2, 0.25) is 0 Å². The lowest BCUT2D eigenvalue weighted by molar-refractivity contribution is -0.0909. The SMILES string of the molecule is [NH+]#Cc1ccccc1Br. The molecule has 0 amide bonds. The number of hydrogen-bond donors (Lipinski definition) is 1. The molecule has 0 fully saturated rings. The van der Waals surface area contributed by atoms with Gasteiger partial charge in [-0.3, -0.25) is 0 Å². The second-order valence-electron chi connectivity index (χ2n) is 1.60. The first-order chi connectivity index (χ1) is 4.34. The van der Waals surface area contributed by atoms with Gasteiger partial charge in [-0.05, 0) is 28.1 Å². The molecule has 0 aromatic heterocycles. The average Bonchev–Trinajstić information content (AvgIpc) is 1.89. The van der Waals surface area contributed by atoms with Gasteiger partial charge in [-0.1, -0.05) is 17.4 Å². The van der Waals surface area contributed by atoms with Crippen LogP contribution in [0.1, 0.15) is 5.56 Å². The molecule has 9 heavy (non-hydrogen) atoms. The van der Waals surface area contributed by atoms with Crippen molar-refractivity contribution in [3.63, 3.8) is 0 Å². The maximum Gasteiger partial charge on any atom is 0.309 e. The summed E-state index contributed by atoms with van der Waals surface area (Å²) in [7, 11) is 0. The second kappa shape index (κ2) is 2.65. The molecule has 1 N–H and O–H groups in total. The number of nitrogens with one attached hydrogen (secondary N) is 1. The molecule has 1 aromatic carbocycles. The fourth-order valence-electron chi connectivity index (χ4n) is 0.563. The summed E-state index contributed by atoms with van der Waals surface area (Å²) in [5.41, 5.74) is 0.789. The Morgan fingerprint density at radius 3 is 2.44 bits per heavy atom. The maximum atomic E-state index is 6.80. The van der Waals surface area contributed by atoms with Gasteiger partial charge in [0.1, 0.15) is 5.56 Å². The minimum atomic E-state index is 0.789. The lowest BCUT2D eigenvalue weighted by atomic mass is 10.2. The fraction of sp³-hybridized carbons (Fsp3) is 0. The third kappa shape index (κ3) is 1.30. The van der Waals surface area contributed by atoms with Gasteiger partial charge in [-0.2, -0.15) is 0 Å². The van der Waals surface area contributed by atoms with Crippen LogP contribution in [0.3, 0.4) is 0 Å². The van der Waals surface area contributed by atoms with Gasteiger partial charge in [0.25, 0.3) is 0 Å². The van der Waals surface area contributed by atoms with Crippen LogP contribution >= 0.6 is 15.9 Å². The molecule has 0 aliphatic carbocycles. The summed E-state index contributed by atoms with van der Waals surface area (Å²) in [6, 6.07) is 9.80. The van der Waals surface area contributed by atoms with Crippen LogP contribution in [0.4, 0.5) is 0 Å². The zero-order chi connectivity index (χ0) is 6.69. The molecular formula is C7H5BrN+. The van der Waals surface area contributed by atoms with E-state index in [1.807, 2.05) is 24.3 Å². The van der Waals surface area contributed by atoms with E-state index < -0.39 is 0 Å². The summed E-state index contributed by atoms with van der Waals surface area (Å²) in [5, 5.41) is 6.80. The van der Waals surface area contributed by atoms with Crippen LogP contribution < -0.4 is 5.26 Å². The quantitative estimate of drug-likeness (QED) is 0.607. The highest BCUT2D eigenvalue weighted by molar-refractivity contribution is 9.10. The molecule has 0 unspecified atom stereocenters. The molecule has 0 bridgehead atoms. The molecular weight excluding hydrogens is 178 g/mol. The molecule has 0 heterocycles. The Balaban J connectivity index is 3.20. The molecule has 1 aromatic rings. The van der Waals surface area contributed by atoms with Crippen LogP contribution in [0.25, 0.3) is 0 Å². The number of rotatable bonds is 0. The summed E-state index contributed by atoms with van der Waals surface area (Å²) in [6.45, 7) is 0. The topological polar surface area (TPSA) is 23.8 Å². The molecule has 1 nitrogen and oxygen atoms in total. The highest BCUT2D eigenvalue weighted by Gasteiger charge is 1.96. The number of benzene rings is 1. The van der Waals surface area contributed by atoms with Gasteiger partial charge < -0.3 is 0 Å². The van der Waals surface area contributed by atoms with E-state index in [0.29, 0.717) is 0 Å². The van der Waals surface area contributed by atoms with E-state index in [4.69, 9.17) is 5.26 Å². The van der Waals surface area contributed by atoms with E-state index in [-0.39, 0.29) is 0 Å². The van der Waals surface area contributed by atoms with Crippen molar-refractivity contribution in [2.45, 2.75) is 0 Å². The minimum absolute atomic E-state index is 0.789. The monoisotopic (exact) mass is 182 g/mol. The highest BCUT2D eigenvalue weighted by Crippen LogP contribution is 2.13. The zero-order valence-corrected chi connectivity index (χ0v) is 6.27. The summed E-state index contributed by atoms with van der Waals surface area (Å²) < 4.78 is 0.917. The highest BCUT2D eigenvalue weighted by atomic mass is 79.9. The van der Waals surface area contributed by atoms with Crippen LogP contribution in [0, 0.1) is 6.07 Å². The van der Waals surface area contributed by atoms with Crippen molar-refractivity contribution in [1.29, 1.82) is 0 Å². The van der Waals surface area contributed by atoms with E-state index in [9.17, 15) is 0 Å². The van der Waals surface area contributed by atoms with Crippen molar-refractivity contribution in [2.75, 3.05) is 0 Å². The van der Waals surface area contributed by atoms with E-state index in [1.165, 1.54) is 0 Å². The Morgan fingerprint density at radius 2 is 2.00 bits per heavy atom. The van der Waals surface area contributed by atoms with Gasteiger partial charge in [-0.15, -0.1) is 0 Å². The molecule has 0 aliphatic rings. The first-order valence-corrected chi connectivity index (χ1v) is 3.31. The summed E-state index contributed by atoms with van der Waals surface area (Å²) >= 11 is 3.27. The Morgan fingerprint density at radius 1 is 1.33 bits per heavy atom. The summed E-state index contributed by atoms with van der Waals surface area (Å²) in [5.74, 6) is 0. The van der Waals surface area contributed by atoms with E-state index in [0.717, 1.165) is 10.0 Å². The Labute approximate surface area is 62.1 Å². The van der Waals surface area contributed by atoms with Gasteiger partial charge in [-0.25, -0.2) is 0 Å². The van der Waals surface area contributed by atoms with Crippen molar-refractivity contribution in [3.8, 4) is 6.07 Å². The molecule has 0 saturated carbocycles. The predicted octanol–water partition coefficient (Wildman–Crippen LogP) is 0.570. The normalized spacial score (nSPS) is 8.44. The molecule has 0 aliphatic heterocycles. The Kier molecular flexibility index (Phi) is 1.86. The summed E-state index contributed by atoms with van der Waals surface area (Å²) in [4.78, 5) is 0. The van der Waals surface area contributed by atoms with Crippen LogP contribution in [-0.4, -0.2) is 0 Å². The van der Waals surface area contributed by atoms with Crippen molar-refractivity contribution in [3.05, 3.63) is 34.3 Å². The third-order valence-electron chi connectivity index (χ3n) is 1.01. The largest absolute Gasteiger partial charge is 0.309 e. The first-order valence-electron chi connectivity index (χ1n) is 2.52. The molecule has 0 saturated heterocycles. The van der Waals surface area contributed by atoms with E-state index in [2.05, 4.69) is 22.0 Å². The molecule has 44 valence electrons. The second-order valence-corrected chi connectivity index (χ2v) is 2.46. The zero-order valence-electron chi connectivity index (χ0n) is 4.69. The molecule has 0 atom stereocenters. The molecule has 0 radical (unpaired) electrons. The molecule has 1 rings (SSSR count). The third-order valence-corrected chi connectivity index (χ3v) is 1.70. The lowest BCUT2D eigenvalue weighted by Gasteiger charge is -1.86. The standard InChI is InChI=1S/C7H4BrN/c8-7-4-2-1-3-6(7)5-9/h1-4H/p+1.